The molecule has 0 unspecified atom stereocenters. The van der Waals surface area contributed by atoms with Crippen molar-refractivity contribution in [2.75, 3.05) is 30.8 Å². The Morgan fingerprint density at radius 3 is 2.62 bits per heavy atom. The molecule has 0 aliphatic carbocycles. The molecule has 0 saturated heterocycles. The molecule has 2 rings (SSSR count). The number of para-hydroxylation sites is 2. The van der Waals surface area contributed by atoms with Gasteiger partial charge in [0.2, 0.25) is 0 Å². The van der Waals surface area contributed by atoms with Crippen molar-refractivity contribution >= 4 is 21.5 Å². The summed E-state index contributed by atoms with van der Waals surface area (Å²) in [5, 5.41) is 2.82. The molecule has 0 saturated carbocycles. The maximum Gasteiger partial charge on any atom is 0.264 e. The number of ether oxygens (including phenoxy) is 1. The van der Waals surface area contributed by atoms with E-state index in [4.69, 9.17) is 4.74 Å². The Morgan fingerprint density at radius 1 is 1.24 bits per heavy atom. The van der Waals surface area contributed by atoms with Gasteiger partial charge in [-0.05, 0) is 18.2 Å². The number of nitrogens with zero attached hydrogens (tertiary/aromatic N) is 2. The minimum Gasteiger partial charge on any atom is -0.495 e. The smallest absolute Gasteiger partial charge is 0.264 e. The van der Waals surface area contributed by atoms with Crippen LogP contribution in [0.4, 0.5) is 11.5 Å². The molecule has 0 amide bonds. The number of anilines is 2. The predicted molar refractivity (Wildman–Crippen MR) is 82.4 cm³/mol. The highest BCUT2D eigenvalue weighted by atomic mass is 32.2. The zero-order chi connectivity index (χ0) is 15.5. The van der Waals surface area contributed by atoms with E-state index in [9.17, 15) is 8.42 Å². The molecule has 6 nitrogen and oxygen atoms in total. The molecule has 1 heterocycles. The van der Waals surface area contributed by atoms with Gasteiger partial charge in [0.1, 0.15) is 11.6 Å². The summed E-state index contributed by atoms with van der Waals surface area (Å²) in [5.74, 6) is 0.982. The topological polar surface area (TPSA) is 71.5 Å². The average molecular weight is 307 g/mol. The third kappa shape index (κ3) is 2.92. The zero-order valence-corrected chi connectivity index (χ0v) is 12.9. The average Bonchev–Trinajstić information content (AvgIpc) is 2.54. The van der Waals surface area contributed by atoms with Crippen molar-refractivity contribution in [2.24, 2.45) is 0 Å². The standard InChI is InChI=1S/C14H17N3O3S/c1-15-14-10-11(8-9-16-14)21(18,19)17(2)12-6-4-5-7-13(12)20-3/h4-10H,1-3H3,(H,15,16). The zero-order valence-electron chi connectivity index (χ0n) is 12.1. The first kappa shape index (κ1) is 15.1. The van der Waals surface area contributed by atoms with Crippen LogP contribution in [0.25, 0.3) is 0 Å². The molecule has 0 fully saturated rings. The second-order valence-corrected chi connectivity index (χ2v) is 6.24. The Morgan fingerprint density at radius 2 is 1.95 bits per heavy atom. The van der Waals surface area contributed by atoms with Gasteiger partial charge in [0.15, 0.2) is 0 Å². The number of benzene rings is 1. The van der Waals surface area contributed by atoms with Gasteiger partial charge in [-0.2, -0.15) is 0 Å². The van der Waals surface area contributed by atoms with E-state index in [-0.39, 0.29) is 4.90 Å². The molecule has 0 spiro atoms. The lowest BCUT2D eigenvalue weighted by molar-refractivity contribution is 0.416. The molecule has 0 aliphatic rings. The van der Waals surface area contributed by atoms with Crippen molar-refractivity contribution in [1.29, 1.82) is 0 Å². The van der Waals surface area contributed by atoms with Crippen LogP contribution in [0, 0.1) is 0 Å². The highest BCUT2D eigenvalue weighted by Crippen LogP contribution is 2.30. The second kappa shape index (κ2) is 6.01. The molecule has 0 atom stereocenters. The van der Waals surface area contributed by atoms with E-state index in [2.05, 4.69) is 10.3 Å². The van der Waals surface area contributed by atoms with Crippen LogP contribution in [-0.2, 0) is 10.0 Å². The van der Waals surface area contributed by atoms with Crippen molar-refractivity contribution in [1.82, 2.24) is 4.98 Å². The van der Waals surface area contributed by atoms with Gasteiger partial charge in [-0.3, -0.25) is 4.31 Å². The van der Waals surface area contributed by atoms with E-state index in [1.165, 1.54) is 36.8 Å². The molecular formula is C14H17N3O3S. The molecule has 1 aromatic carbocycles. The summed E-state index contributed by atoms with van der Waals surface area (Å²) in [6.07, 6.45) is 1.45. The highest BCUT2D eigenvalue weighted by Gasteiger charge is 2.23. The molecule has 0 aliphatic heterocycles. The van der Waals surface area contributed by atoms with Crippen LogP contribution in [0.5, 0.6) is 5.75 Å². The van der Waals surface area contributed by atoms with Crippen LogP contribution in [0.1, 0.15) is 0 Å². The molecule has 0 radical (unpaired) electrons. The van der Waals surface area contributed by atoms with Crippen molar-refractivity contribution in [3.63, 3.8) is 0 Å². The van der Waals surface area contributed by atoms with Gasteiger partial charge in [-0.1, -0.05) is 12.1 Å². The minimum atomic E-state index is -3.68. The predicted octanol–water partition coefficient (Wildman–Crippen LogP) is 1.96. The van der Waals surface area contributed by atoms with E-state index < -0.39 is 10.0 Å². The van der Waals surface area contributed by atoms with Crippen LogP contribution in [0.3, 0.4) is 0 Å². The fourth-order valence-electron chi connectivity index (χ4n) is 1.89. The number of aromatic nitrogens is 1. The van der Waals surface area contributed by atoms with Crippen LogP contribution in [-0.4, -0.2) is 34.6 Å². The van der Waals surface area contributed by atoms with Gasteiger partial charge in [-0.25, -0.2) is 13.4 Å². The Kier molecular flexibility index (Phi) is 4.32. The molecule has 1 aromatic heterocycles. The SMILES string of the molecule is CNc1cc(S(=O)(=O)N(C)c2ccccc2OC)ccn1. The number of rotatable bonds is 5. The number of methoxy groups -OCH3 is 1. The summed E-state index contributed by atoms with van der Waals surface area (Å²) in [7, 11) is 0.997. The first-order valence-corrected chi connectivity index (χ1v) is 7.70. The lowest BCUT2D eigenvalue weighted by Gasteiger charge is -2.21. The highest BCUT2D eigenvalue weighted by molar-refractivity contribution is 7.92. The van der Waals surface area contributed by atoms with E-state index in [1.54, 1.807) is 31.3 Å². The lowest BCUT2D eigenvalue weighted by atomic mass is 10.3. The van der Waals surface area contributed by atoms with Crippen molar-refractivity contribution in [2.45, 2.75) is 4.90 Å². The monoisotopic (exact) mass is 307 g/mol. The Bertz CT molecular complexity index is 732. The van der Waals surface area contributed by atoms with Crippen LogP contribution in [0.15, 0.2) is 47.5 Å². The van der Waals surface area contributed by atoms with Gasteiger partial charge < -0.3 is 10.1 Å². The van der Waals surface area contributed by atoms with E-state index >= 15 is 0 Å². The normalized spacial score (nSPS) is 11.0. The summed E-state index contributed by atoms with van der Waals surface area (Å²) < 4.78 is 31.8. The summed E-state index contributed by atoms with van der Waals surface area (Å²) in [6.45, 7) is 0. The van der Waals surface area contributed by atoms with E-state index in [0.29, 0.717) is 17.3 Å². The molecule has 0 bridgehead atoms. The molecule has 2 aromatic rings. The van der Waals surface area contributed by atoms with Gasteiger partial charge >= 0.3 is 0 Å². The number of nitrogens with one attached hydrogen (secondary N) is 1. The van der Waals surface area contributed by atoms with E-state index in [1.807, 2.05) is 0 Å². The summed E-state index contributed by atoms with van der Waals surface area (Å²) in [4.78, 5) is 4.18. The molecular weight excluding hydrogens is 290 g/mol. The summed E-state index contributed by atoms with van der Waals surface area (Å²) in [5.41, 5.74) is 0.475. The molecule has 21 heavy (non-hydrogen) atoms. The molecule has 112 valence electrons. The minimum absolute atomic E-state index is 0.162. The van der Waals surface area contributed by atoms with E-state index in [0.717, 1.165) is 0 Å². The maximum absolute atomic E-state index is 12.7. The van der Waals surface area contributed by atoms with Gasteiger partial charge in [0.25, 0.3) is 10.0 Å². The lowest BCUT2D eigenvalue weighted by Crippen LogP contribution is -2.27. The third-order valence-electron chi connectivity index (χ3n) is 3.07. The fourth-order valence-corrected chi connectivity index (χ4v) is 3.11. The summed E-state index contributed by atoms with van der Waals surface area (Å²) in [6, 6.07) is 9.90. The number of hydrogen-bond donors (Lipinski definition) is 1. The van der Waals surface area contributed by atoms with Crippen molar-refractivity contribution in [3.8, 4) is 5.75 Å². The van der Waals surface area contributed by atoms with Crippen LogP contribution in [0.2, 0.25) is 0 Å². The van der Waals surface area contributed by atoms with Gasteiger partial charge in [0.05, 0.1) is 17.7 Å². The first-order chi connectivity index (χ1) is 10.0. The molecule has 1 N–H and O–H groups in total. The number of pyridine rings is 1. The Balaban J connectivity index is 2.47. The second-order valence-electron chi connectivity index (χ2n) is 4.27. The largest absolute Gasteiger partial charge is 0.495 e. The summed E-state index contributed by atoms with van der Waals surface area (Å²) >= 11 is 0. The third-order valence-corrected chi connectivity index (χ3v) is 4.84. The Labute approximate surface area is 124 Å². The van der Waals surface area contributed by atoms with Gasteiger partial charge in [0, 0.05) is 26.4 Å². The Hall–Kier alpha value is -2.28. The van der Waals surface area contributed by atoms with Crippen LogP contribution < -0.4 is 14.4 Å². The van der Waals surface area contributed by atoms with Crippen molar-refractivity contribution < 1.29 is 13.2 Å². The van der Waals surface area contributed by atoms with Crippen molar-refractivity contribution in [3.05, 3.63) is 42.6 Å². The van der Waals surface area contributed by atoms with Gasteiger partial charge in [-0.15, -0.1) is 0 Å². The first-order valence-electron chi connectivity index (χ1n) is 6.26. The number of sulfonamides is 1. The number of hydrogen-bond acceptors (Lipinski definition) is 5. The quantitative estimate of drug-likeness (QED) is 0.914. The fraction of sp³-hybridized carbons (Fsp3) is 0.214. The maximum atomic E-state index is 12.7. The molecule has 7 heteroatoms. The van der Waals surface area contributed by atoms with Crippen LogP contribution >= 0.6 is 0 Å².